The number of fused-ring (bicyclic) bond motifs is 1. The molecule has 0 fully saturated rings. The topological polar surface area (TPSA) is 81.9 Å². The van der Waals surface area contributed by atoms with Gasteiger partial charge in [0.15, 0.2) is 17.5 Å². The van der Waals surface area contributed by atoms with Crippen molar-refractivity contribution in [2.45, 2.75) is 12.6 Å². The molecule has 2 N–H and O–H groups in total. The van der Waals surface area contributed by atoms with E-state index in [1.54, 1.807) is 14.2 Å². The Morgan fingerprint density at radius 1 is 1.13 bits per heavy atom. The molecule has 3 aromatic rings. The first-order chi connectivity index (χ1) is 14.7. The molecule has 1 atom stereocenters. The molecule has 9 heteroatoms. The van der Waals surface area contributed by atoms with Gasteiger partial charge in [0, 0.05) is 13.2 Å². The van der Waals surface area contributed by atoms with Crippen LogP contribution in [-0.2, 0) is 6.54 Å². The summed E-state index contributed by atoms with van der Waals surface area (Å²) in [5.74, 6) is 3.04. The number of aliphatic imine (C=N–C) groups is 1. The van der Waals surface area contributed by atoms with E-state index in [-0.39, 0.29) is 30.1 Å². The molecule has 0 aliphatic carbocycles. The average molecular weight is 535 g/mol. The summed E-state index contributed by atoms with van der Waals surface area (Å²) in [5.41, 5.74) is 1.87. The molecule has 0 bridgehead atoms. The Morgan fingerprint density at radius 2 is 1.90 bits per heavy atom. The molecule has 31 heavy (non-hydrogen) atoms. The number of nitrogens with zero attached hydrogens (tertiary/aromatic N) is 3. The number of hydrogen-bond donors (Lipinski definition) is 2. The van der Waals surface area contributed by atoms with Crippen LogP contribution in [0.5, 0.6) is 17.2 Å². The highest BCUT2D eigenvalue weighted by Crippen LogP contribution is 2.30. The van der Waals surface area contributed by atoms with Crippen molar-refractivity contribution < 1.29 is 14.2 Å². The van der Waals surface area contributed by atoms with E-state index < -0.39 is 0 Å². The van der Waals surface area contributed by atoms with Crippen molar-refractivity contribution in [2.75, 3.05) is 27.3 Å². The quantitative estimate of drug-likeness (QED) is 0.287. The van der Waals surface area contributed by atoms with Crippen LogP contribution in [0.3, 0.4) is 0 Å². The highest BCUT2D eigenvalue weighted by atomic mass is 127. The molecule has 0 radical (unpaired) electrons. The Morgan fingerprint density at radius 3 is 2.65 bits per heavy atom. The molecular formula is C22H26IN5O3. The smallest absolute Gasteiger partial charge is 0.191 e. The van der Waals surface area contributed by atoms with E-state index >= 15 is 0 Å². The van der Waals surface area contributed by atoms with Gasteiger partial charge in [-0.1, -0.05) is 12.1 Å². The van der Waals surface area contributed by atoms with Crippen molar-refractivity contribution in [3.63, 3.8) is 0 Å². The molecule has 0 saturated heterocycles. The van der Waals surface area contributed by atoms with E-state index in [1.807, 2.05) is 65.5 Å². The van der Waals surface area contributed by atoms with Crippen LogP contribution in [0.4, 0.5) is 0 Å². The SMILES string of the molecule is CN=C(NCc1ccn(-c2ccc(OC)cc2)n1)NCC1COc2ccccc2O1.I. The minimum atomic E-state index is -0.0901. The minimum absolute atomic E-state index is 0. The molecule has 0 amide bonds. The zero-order valence-electron chi connectivity index (χ0n) is 17.4. The first kappa shape index (κ1) is 22.7. The van der Waals surface area contributed by atoms with Gasteiger partial charge in [-0.25, -0.2) is 4.68 Å². The highest BCUT2D eigenvalue weighted by molar-refractivity contribution is 14.0. The minimum Gasteiger partial charge on any atom is -0.497 e. The number of aromatic nitrogens is 2. The molecular weight excluding hydrogens is 509 g/mol. The van der Waals surface area contributed by atoms with Gasteiger partial charge in [0.25, 0.3) is 0 Å². The predicted octanol–water partition coefficient (Wildman–Crippen LogP) is 3.00. The van der Waals surface area contributed by atoms with Crippen molar-refractivity contribution >= 4 is 29.9 Å². The standard InChI is InChI=1S/C22H25N5O3.HI/c1-23-22(25-14-19-15-29-20-5-3-4-6-21(20)30-19)24-13-16-11-12-27(26-16)17-7-9-18(28-2)10-8-17;/h3-12,19H,13-15H2,1-2H3,(H2,23,24,25);1H. The van der Waals surface area contributed by atoms with Crippen LogP contribution in [0.25, 0.3) is 5.69 Å². The van der Waals surface area contributed by atoms with Crippen LogP contribution >= 0.6 is 24.0 Å². The fraction of sp³-hybridized carbons (Fsp3) is 0.273. The lowest BCUT2D eigenvalue weighted by Gasteiger charge is -2.27. The Kier molecular flexibility index (Phi) is 7.99. The van der Waals surface area contributed by atoms with Gasteiger partial charge < -0.3 is 24.8 Å². The number of rotatable bonds is 6. The summed E-state index contributed by atoms with van der Waals surface area (Å²) in [5, 5.41) is 11.2. The zero-order chi connectivity index (χ0) is 20.8. The van der Waals surface area contributed by atoms with Crippen molar-refractivity contribution in [1.29, 1.82) is 0 Å². The van der Waals surface area contributed by atoms with E-state index in [2.05, 4.69) is 20.7 Å². The predicted molar refractivity (Wildman–Crippen MR) is 130 cm³/mol. The lowest BCUT2D eigenvalue weighted by atomic mass is 10.2. The second-order valence-electron chi connectivity index (χ2n) is 6.75. The summed E-state index contributed by atoms with van der Waals surface area (Å²) in [6.45, 7) is 1.62. The molecule has 1 aromatic heterocycles. The van der Waals surface area contributed by atoms with Gasteiger partial charge in [-0.15, -0.1) is 24.0 Å². The van der Waals surface area contributed by atoms with Gasteiger partial charge in [0.1, 0.15) is 18.5 Å². The molecule has 1 unspecified atom stereocenters. The fourth-order valence-electron chi connectivity index (χ4n) is 3.10. The maximum absolute atomic E-state index is 5.96. The van der Waals surface area contributed by atoms with E-state index in [4.69, 9.17) is 14.2 Å². The van der Waals surface area contributed by atoms with Gasteiger partial charge in [-0.3, -0.25) is 4.99 Å². The first-order valence-corrected chi connectivity index (χ1v) is 9.77. The number of halogens is 1. The number of guanidine groups is 1. The number of methoxy groups -OCH3 is 1. The summed E-state index contributed by atoms with van der Waals surface area (Å²) in [6, 6.07) is 17.4. The monoisotopic (exact) mass is 535 g/mol. The molecule has 2 heterocycles. The van der Waals surface area contributed by atoms with Crippen LogP contribution in [0.15, 0.2) is 65.8 Å². The van der Waals surface area contributed by atoms with Crippen LogP contribution in [-0.4, -0.2) is 49.2 Å². The first-order valence-electron chi connectivity index (χ1n) is 9.77. The number of benzene rings is 2. The van der Waals surface area contributed by atoms with Gasteiger partial charge in [-0.05, 0) is 42.5 Å². The van der Waals surface area contributed by atoms with E-state index in [1.165, 1.54) is 0 Å². The Balaban J connectivity index is 0.00000272. The second-order valence-corrected chi connectivity index (χ2v) is 6.75. The van der Waals surface area contributed by atoms with Gasteiger partial charge in [0.05, 0.1) is 31.6 Å². The molecule has 0 saturated carbocycles. The van der Waals surface area contributed by atoms with Crippen molar-refractivity contribution in [2.24, 2.45) is 4.99 Å². The maximum atomic E-state index is 5.96. The fourth-order valence-corrected chi connectivity index (χ4v) is 3.10. The number of para-hydroxylation sites is 2. The Labute approximate surface area is 198 Å². The van der Waals surface area contributed by atoms with Gasteiger partial charge >= 0.3 is 0 Å². The van der Waals surface area contributed by atoms with E-state index in [0.717, 1.165) is 28.6 Å². The third-order valence-corrected chi connectivity index (χ3v) is 4.71. The summed E-state index contributed by atoms with van der Waals surface area (Å²) in [7, 11) is 3.39. The molecule has 1 aliphatic heterocycles. The van der Waals surface area contributed by atoms with E-state index in [0.29, 0.717) is 25.7 Å². The lowest BCUT2D eigenvalue weighted by Crippen LogP contribution is -2.45. The van der Waals surface area contributed by atoms with Crippen LogP contribution in [0.2, 0.25) is 0 Å². The number of hydrogen-bond acceptors (Lipinski definition) is 5. The van der Waals surface area contributed by atoms with Crippen LogP contribution < -0.4 is 24.8 Å². The summed E-state index contributed by atoms with van der Waals surface area (Å²) < 4.78 is 18.7. The van der Waals surface area contributed by atoms with Crippen molar-refractivity contribution in [3.05, 3.63) is 66.5 Å². The molecule has 4 rings (SSSR count). The highest BCUT2D eigenvalue weighted by Gasteiger charge is 2.20. The lowest BCUT2D eigenvalue weighted by molar-refractivity contribution is 0.0936. The third-order valence-electron chi connectivity index (χ3n) is 4.71. The Bertz CT molecular complexity index is 1010. The molecule has 1 aliphatic rings. The number of nitrogens with one attached hydrogen (secondary N) is 2. The van der Waals surface area contributed by atoms with Gasteiger partial charge in [-0.2, -0.15) is 5.10 Å². The number of ether oxygens (including phenoxy) is 3. The molecule has 164 valence electrons. The Hall–Kier alpha value is -2.95. The van der Waals surface area contributed by atoms with Gasteiger partial charge in [0.2, 0.25) is 0 Å². The normalized spacial score (nSPS) is 15.0. The summed E-state index contributed by atoms with van der Waals surface area (Å²) >= 11 is 0. The van der Waals surface area contributed by atoms with E-state index in [9.17, 15) is 0 Å². The van der Waals surface area contributed by atoms with Crippen LogP contribution in [0, 0.1) is 0 Å². The largest absolute Gasteiger partial charge is 0.497 e. The second kappa shape index (κ2) is 10.9. The summed E-state index contributed by atoms with van der Waals surface area (Å²) in [6.07, 6.45) is 1.84. The third kappa shape index (κ3) is 5.81. The molecule has 8 nitrogen and oxygen atoms in total. The van der Waals surface area contributed by atoms with Crippen molar-refractivity contribution in [3.8, 4) is 22.9 Å². The van der Waals surface area contributed by atoms with Crippen LogP contribution in [0.1, 0.15) is 5.69 Å². The average Bonchev–Trinajstić information content (AvgIpc) is 3.28. The maximum Gasteiger partial charge on any atom is 0.191 e. The summed E-state index contributed by atoms with van der Waals surface area (Å²) in [4.78, 5) is 4.27. The zero-order valence-corrected chi connectivity index (χ0v) is 19.8. The van der Waals surface area contributed by atoms with Crippen molar-refractivity contribution in [1.82, 2.24) is 20.4 Å². The molecule has 0 spiro atoms. The molecule has 2 aromatic carbocycles.